The minimum atomic E-state index is 0.560. The first-order valence-corrected chi connectivity index (χ1v) is 9.02. The summed E-state index contributed by atoms with van der Waals surface area (Å²) in [5, 5.41) is 11.0. The molecule has 0 spiro atoms. The molecule has 1 aromatic heterocycles. The summed E-state index contributed by atoms with van der Waals surface area (Å²) in [5.74, 6) is 1.63. The monoisotopic (exact) mass is 363 g/mol. The second-order valence-corrected chi connectivity index (χ2v) is 6.03. The van der Waals surface area contributed by atoms with Crippen molar-refractivity contribution >= 4 is 5.96 Å². The molecule has 6 nitrogen and oxygen atoms in total. The molecule has 0 aliphatic rings. The lowest BCUT2D eigenvalue weighted by molar-refractivity contribution is 0.414. The molecule has 2 aromatic carbocycles. The van der Waals surface area contributed by atoms with Crippen LogP contribution < -0.4 is 15.4 Å². The Bertz CT molecular complexity index is 856. The van der Waals surface area contributed by atoms with Gasteiger partial charge in [-0.15, -0.1) is 0 Å². The van der Waals surface area contributed by atoms with Crippen LogP contribution in [0.1, 0.15) is 18.1 Å². The third-order valence-electron chi connectivity index (χ3n) is 4.04. The maximum Gasteiger partial charge on any atom is 0.191 e. The summed E-state index contributed by atoms with van der Waals surface area (Å²) < 4.78 is 7.05. The lowest BCUT2D eigenvalue weighted by atomic mass is 10.2. The van der Waals surface area contributed by atoms with E-state index in [0.717, 1.165) is 29.5 Å². The number of nitrogens with one attached hydrogen (secondary N) is 2. The SMILES string of the molecule is CCNC(=NCc1cnn(-c2ccccc2)c1)NCc1ccc(OC)cc1. The van der Waals surface area contributed by atoms with Gasteiger partial charge in [0.1, 0.15) is 5.75 Å². The van der Waals surface area contributed by atoms with E-state index in [0.29, 0.717) is 13.1 Å². The Labute approximate surface area is 159 Å². The number of rotatable bonds is 7. The summed E-state index contributed by atoms with van der Waals surface area (Å²) in [6.07, 6.45) is 3.86. The van der Waals surface area contributed by atoms with E-state index in [4.69, 9.17) is 4.74 Å². The quantitative estimate of drug-likeness (QED) is 0.500. The molecule has 27 heavy (non-hydrogen) atoms. The molecular formula is C21H25N5O. The van der Waals surface area contributed by atoms with Gasteiger partial charge in [0.05, 0.1) is 25.5 Å². The van der Waals surface area contributed by atoms with Gasteiger partial charge in [0.2, 0.25) is 0 Å². The molecule has 3 rings (SSSR count). The third kappa shape index (κ3) is 5.34. The van der Waals surface area contributed by atoms with Crippen LogP contribution in [0.2, 0.25) is 0 Å². The number of hydrogen-bond acceptors (Lipinski definition) is 3. The van der Waals surface area contributed by atoms with E-state index >= 15 is 0 Å². The lowest BCUT2D eigenvalue weighted by Gasteiger charge is -2.11. The van der Waals surface area contributed by atoms with Gasteiger partial charge in [0.25, 0.3) is 0 Å². The summed E-state index contributed by atoms with van der Waals surface area (Å²) in [4.78, 5) is 4.66. The zero-order valence-electron chi connectivity index (χ0n) is 15.7. The highest BCUT2D eigenvalue weighted by Gasteiger charge is 2.02. The van der Waals surface area contributed by atoms with Crippen LogP contribution in [0.3, 0.4) is 0 Å². The Kier molecular flexibility index (Phi) is 6.46. The van der Waals surface area contributed by atoms with Gasteiger partial charge in [-0.2, -0.15) is 5.10 Å². The Morgan fingerprint density at radius 3 is 2.52 bits per heavy atom. The number of methoxy groups -OCH3 is 1. The number of benzene rings is 2. The van der Waals surface area contributed by atoms with Crippen LogP contribution in [0.15, 0.2) is 72.0 Å². The molecule has 2 N–H and O–H groups in total. The second-order valence-electron chi connectivity index (χ2n) is 6.03. The van der Waals surface area contributed by atoms with Gasteiger partial charge in [-0.1, -0.05) is 30.3 Å². The minimum Gasteiger partial charge on any atom is -0.497 e. The van der Waals surface area contributed by atoms with Crippen molar-refractivity contribution in [2.24, 2.45) is 4.99 Å². The average Bonchev–Trinajstić information content (AvgIpc) is 3.20. The summed E-state index contributed by atoms with van der Waals surface area (Å²) in [6.45, 7) is 4.11. The van der Waals surface area contributed by atoms with Crippen molar-refractivity contribution in [3.63, 3.8) is 0 Å². The number of ether oxygens (including phenoxy) is 1. The molecule has 0 unspecified atom stereocenters. The molecule has 0 aliphatic carbocycles. The molecule has 0 atom stereocenters. The molecule has 3 aromatic rings. The molecule has 6 heteroatoms. The predicted molar refractivity (Wildman–Crippen MR) is 108 cm³/mol. The van der Waals surface area contributed by atoms with Crippen LogP contribution in [0, 0.1) is 0 Å². The molecular weight excluding hydrogens is 338 g/mol. The van der Waals surface area contributed by atoms with E-state index < -0.39 is 0 Å². The average molecular weight is 363 g/mol. The van der Waals surface area contributed by atoms with Crippen molar-refractivity contribution in [3.8, 4) is 11.4 Å². The number of guanidine groups is 1. The fourth-order valence-electron chi connectivity index (χ4n) is 2.60. The fraction of sp³-hybridized carbons (Fsp3) is 0.238. The number of nitrogens with zero attached hydrogens (tertiary/aromatic N) is 3. The summed E-state index contributed by atoms with van der Waals surface area (Å²) in [5.41, 5.74) is 3.26. The molecule has 0 bridgehead atoms. The predicted octanol–water partition coefficient (Wildman–Crippen LogP) is 3.14. The van der Waals surface area contributed by atoms with Gasteiger partial charge >= 0.3 is 0 Å². The van der Waals surface area contributed by atoms with E-state index in [1.54, 1.807) is 7.11 Å². The zero-order chi connectivity index (χ0) is 18.9. The summed E-state index contributed by atoms with van der Waals surface area (Å²) >= 11 is 0. The topological polar surface area (TPSA) is 63.5 Å². The first-order valence-electron chi connectivity index (χ1n) is 9.02. The number of hydrogen-bond donors (Lipinski definition) is 2. The minimum absolute atomic E-state index is 0.560. The van der Waals surface area contributed by atoms with Crippen molar-refractivity contribution < 1.29 is 4.74 Å². The number of aliphatic imine (C=N–C) groups is 1. The van der Waals surface area contributed by atoms with Gasteiger partial charge < -0.3 is 15.4 Å². The summed E-state index contributed by atoms with van der Waals surface area (Å²) in [7, 11) is 1.67. The normalized spacial score (nSPS) is 11.3. The van der Waals surface area contributed by atoms with E-state index in [9.17, 15) is 0 Å². The Balaban J connectivity index is 1.60. The van der Waals surface area contributed by atoms with Gasteiger partial charge in [0, 0.05) is 24.8 Å². The molecule has 140 valence electrons. The maximum atomic E-state index is 5.19. The van der Waals surface area contributed by atoms with Crippen molar-refractivity contribution in [2.75, 3.05) is 13.7 Å². The van der Waals surface area contributed by atoms with E-state index in [1.165, 1.54) is 5.56 Å². The van der Waals surface area contributed by atoms with Gasteiger partial charge in [-0.05, 0) is 36.8 Å². The van der Waals surface area contributed by atoms with Gasteiger partial charge in [-0.25, -0.2) is 9.67 Å². The highest BCUT2D eigenvalue weighted by Crippen LogP contribution is 2.11. The fourth-order valence-corrected chi connectivity index (χ4v) is 2.60. The molecule has 0 amide bonds. The second kappa shape index (κ2) is 9.43. The Morgan fingerprint density at radius 2 is 1.81 bits per heavy atom. The van der Waals surface area contributed by atoms with E-state index in [-0.39, 0.29) is 0 Å². The van der Waals surface area contributed by atoms with Crippen LogP contribution in [0.5, 0.6) is 5.75 Å². The van der Waals surface area contributed by atoms with Crippen LogP contribution >= 0.6 is 0 Å². The largest absolute Gasteiger partial charge is 0.497 e. The highest BCUT2D eigenvalue weighted by molar-refractivity contribution is 5.79. The Hall–Kier alpha value is -3.28. The molecule has 0 saturated heterocycles. The van der Waals surface area contributed by atoms with Crippen LogP contribution in [-0.2, 0) is 13.1 Å². The standard InChI is InChI=1S/C21H25N5O/c1-3-22-21(23-13-17-9-11-20(27-2)12-10-17)24-14-18-15-25-26(16-18)19-7-5-4-6-8-19/h4-12,15-16H,3,13-14H2,1-2H3,(H2,22,23,24). The van der Waals surface area contributed by atoms with Crippen LogP contribution in [0.4, 0.5) is 0 Å². The van der Waals surface area contributed by atoms with Crippen molar-refractivity contribution in [2.45, 2.75) is 20.0 Å². The van der Waals surface area contributed by atoms with Gasteiger partial charge in [-0.3, -0.25) is 0 Å². The number of para-hydroxylation sites is 1. The maximum absolute atomic E-state index is 5.19. The molecule has 0 radical (unpaired) electrons. The smallest absolute Gasteiger partial charge is 0.191 e. The van der Waals surface area contributed by atoms with Crippen molar-refractivity contribution in [1.29, 1.82) is 0 Å². The first kappa shape index (κ1) is 18.5. The third-order valence-corrected chi connectivity index (χ3v) is 4.04. The molecule has 0 saturated carbocycles. The van der Waals surface area contributed by atoms with Gasteiger partial charge in [0.15, 0.2) is 5.96 Å². The lowest BCUT2D eigenvalue weighted by Crippen LogP contribution is -2.36. The van der Waals surface area contributed by atoms with E-state index in [1.807, 2.05) is 71.7 Å². The number of aromatic nitrogens is 2. The molecule has 0 fully saturated rings. The first-order chi connectivity index (χ1) is 13.3. The van der Waals surface area contributed by atoms with Crippen LogP contribution in [-0.4, -0.2) is 29.4 Å². The van der Waals surface area contributed by atoms with Crippen molar-refractivity contribution in [3.05, 3.63) is 78.1 Å². The summed E-state index contributed by atoms with van der Waals surface area (Å²) in [6, 6.07) is 18.1. The van der Waals surface area contributed by atoms with E-state index in [2.05, 4.69) is 27.6 Å². The Morgan fingerprint density at radius 1 is 1.04 bits per heavy atom. The van der Waals surface area contributed by atoms with Crippen molar-refractivity contribution in [1.82, 2.24) is 20.4 Å². The zero-order valence-corrected chi connectivity index (χ0v) is 15.7. The van der Waals surface area contributed by atoms with Crippen LogP contribution in [0.25, 0.3) is 5.69 Å². The highest BCUT2D eigenvalue weighted by atomic mass is 16.5. The molecule has 1 heterocycles. The molecule has 0 aliphatic heterocycles.